The van der Waals surface area contributed by atoms with Crippen LogP contribution in [0.3, 0.4) is 0 Å². The molecular weight excluding hydrogens is 312 g/mol. The van der Waals surface area contributed by atoms with Gasteiger partial charge in [0.1, 0.15) is 12.0 Å². The highest BCUT2D eigenvalue weighted by molar-refractivity contribution is 5.92. The molecule has 1 N–H and O–H groups in total. The van der Waals surface area contributed by atoms with Crippen LogP contribution in [0.5, 0.6) is 0 Å². The molecule has 1 aliphatic heterocycles. The Balaban J connectivity index is 1.51. The van der Waals surface area contributed by atoms with E-state index in [-0.39, 0.29) is 5.91 Å². The van der Waals surface area contributed by atoms with Crippen molar-refractivity contribution < 1.29 is 4.79 Å². The van der Waals surface area contributed by atoms with Gasteiger partial charge in [0.15, 0.2) is 0 Å². The summed E-state index contributed by atoms with van der Waals surface area (Å²) in [5.41, 5.74) is 4.49. The van der Waals surface area contributed by atoms with E-state index >= 15 is 0 Å². The Morgan fingerprint density at radius 3 is 2.92 bits per heavy atom. The van der Waals surface area contributed by atoms with E-state index in [0.29, 0.717) is 18.2 Å². The molecule has 1 atom stereocenters. The van der Waals surface area contributed by atoms with Crippen LogP contribution in [0.25, 0.3) is 0 Å². The molecule has 0 bridgehead atoms. The standard InChI is InChI=1S/C20H26N4O/c1-15-5-6-17(10-16(15)2)12-24-9-3-4-18(13-24)11-22-20(25)19-7-8-21-14-23-19/h5-8,10,14,18H,3-4,9,11-13H2,1-2H3,(H,22,25)/t18-/m0/s1. The second-order valence-corrected chi connectivity index (χ2v) is 6.97. The molecule has 0 saturated carbocycles. The minimum atomic E-state index is -0.117. The number of likely N-dealkylation sites (tertiary alicyclic amines) is 1. The van der Waals surface area contributed by atoms with Gasteiger partial charge in [0.25, 0.3) is 5.91 Å². The summed E-state index contributed by atoms with van der Waals surface area (Å²) < 4.78 is 0. The van der Waals surface area contributed by atoms with Crippen LogP contribution in [0.2, 0.25) is 0 Å². The second kappa shape index (κ2) is 8.21. The lowest BCUT2D eigenvalue weighted by molar-refractivity contribution is 0.0925. The van der Waals surface area contributed by atoms with Crippen molar-refractivity contribution in [3.8, 4) is 0 Å². The molecule has 25 heavy (non-hydrogen) atoms. The third kappa shape index (κ3) is 4.86. The summed E-state index contributed by atoms with van der Waals surface area (Å²) in [6, 6.07) is 8.36. The lowest BCUT2D eigenvalue weighted by Gasteiger charge is -2.33. The van der Waals surface area contributed by atoms with Crippen molar-refractivity contribution in [1.82, 2.24) is 20.2 Å². The molecule has 1 aliphatic rings. The van der Waals surface area contributed by atoms with Crippen molar-refractivity contribution >= 4 is 5.91 Å². The minimum absolute atomic E-state index is 0.117. The minimum Gasteiger partial charge on any atom is -0.350 e. The third-order valence-electron chi connectivity index (χ3n) is 4.95. The summed E-state index contributed by atoms with van der Waals surface area (Å²) in [5.74, 6) is 0.375. The third-order valence-corrected chi connectivity index (χ3v) is 4.95. The predicted octanol–water partition coefficient (Wildman–Crippen LogP) is 2.74. The predicted molar refractivity (Wildman–Crippen MR) is 98.3 cm³/mol. The maximum atomic E-state index is 12.1. The zero-order chi connectivity index (χ0) is 17.6. The molecular formula is C20H26N4O. The van der Waals surface area contributed by atoms with Crippen molar-refractivity contribution in [2.24, 2.45) is 5.92 Å². The Bertz CT molecular complexity index is 717. The van der Waals surface area contributed by atoms with E-state index in [4.69, 9.17) is 0 Å². The molecule has 5 heteroatoms. The van der Waals surface area contributed by atoms with Crippen LogP contribution in [0.4, 0.5) is 0 Å². The van der Waals surface area contributed by atoms with Gasteiger partial charge in [0.05, 0.1) is 0 Å². The SMILES string of the molecule is Cc1ccc(CN2CCC[C@@H](CNC(=O)c3ccncn3)C2)cc1C. The molecule has 2 heterocycles. The van der Waals surface area contributed by atoms with Crippen LogP contribution in [0, 0.1) is 19.8 Å². The number of piperidine rings is 1. The molecule has 1 saturated heterocycles. The summed E-state index contributed by atoms with van der Waals surface area (Å²) >= 11 is 0. The Kier molecular flexibility index (Phi) is 5.76. The lowest BCUT2D eigenvalue weighted by Crippen LogP contribution is -2.40. The maximum absolute atomic E-state index is 12.1. The molecule has 132 valence electrons. The number of hydrogen-bond donors (Lipinski definition) is 1. The number of nitrogens with zero attached hydrogens (tertiary/aromatic N) is 3. The number of benzene rings is 1. The Morgan fingerprint density at radius 1 is 1.28 bits per heavy atom. The summed E-state index contributed by atoms with van der Waals surface area (Å²) in [6.07, 6.45) is 5.33. The van der Waals surface area contributed by atoms with Crippen LogP contribution in [0.15, 0.2) is 36.8 Å². The molecule has 0 unspecified atom stereocenters. The Labute approximate surface area is 149 Å². The van der Waals surface area contributed by atoms with E-state index in [0.717, 1.165) is 26.1 Å². The number of amides is 1. The summed E-state index contributed by atoms with van der Waals surface area (Å²) in [7, 11) is 0. The van der Waals surface area contributed by atoms with Crippen molar-refractivity contribution in [3.63, 3.8) is 0 Å². The number of carbonyl (C=O) groups is 1. The van der Waals surface area contributed by atoms with Gasteiger partial charge in [0.2, 0.25) is 0 Å². The van der Waals surface area contributed by atoms with Crippen molar-refractivity contribution in [2.75, 3.05) is 19.6 Å². The fourth-order valence-corrected chi connectivity index (χ4v) is 3.37. The fraction of sp³-hybridized carbons (Fsp3) is 0.450. The quantitative estimate of drug-likeness (QED) is 0.911. The number of aryl methyl sites for hydroxylation is 2. The van der Waals surface area contributed by atoms with E-state index < -0.39 is 0 Å². The molecule has 1 aromatic heterocycles. The first kappa shape index (κ1) is 17.5. The Hall–Kier alpha value is -2.27. The topological polar surface area (TPSA) is 58.1 Å². The number of nitrogens with one attached hydrogen (secondary N) is 1. The van der Waals surface area contributed by atoms with Crippen molar-refractivity contribution in [3.05, 3.63) is 59.2 Å². The zero-order valence-corrected chi connectivity index (χ0v) is 15.0. The highest BCUT2D eigenvalue weighted by Crippen LogP contribution is 2.19. The zero-order valence-electron chi connectivity index (χ0n) is 15.0. The van der Waals surface area contributed by atoms with Gasteiger partial charge in [0, 0.05) is 25.8 Å². The number of rotatable bonds is 5. The highest BCUT2D eigenvalue weighted by Gasteiger charge is 2.21. The summed E-state index contributed by atoms with van der Waals surface area (Å²) in [6.45, 7) is 8.15. The van der Waals surface area contributed by atoms with Gasteiger partial charge in [-0.1, -0.05) is 18.2 Å². The number of aromatic nitrogens is 2. The van der Waals surface area contributed by atoms with Crippen LogP contribution < -0.4 is 5.32 Å². The molecule has 0 aliphatic carbocycles. The first-order valence-corrected chi connectivity index (χ1v) is 8.94. The molecule has 2 aromatic rings. The second-order valence-electron chi connectivity index (χ2n) is 6.97. The average molecular weight is 338 g/mol. The van der Waals surface area contributed by atoms with Crippen LogP contribution in [-0.4, -0.2) is 40.4 Å². The number of carbonyl (C=O) groups excluding carboxylic acids is 1. The van der Waals surface area contributed by atoms with E-state index in [2.05, 4.69) is 52.2 Å². The van der Waals surface area contributed by atoms with Crippen LogP contribution in [-0.2, 0) is 6.54 Å². The first-order valence-electron chi connectivity index (χ1n) is 8.94. The number of hydrogen-bond acceptors (Lipinski definition) is 4. The van der Waals surface area contributed by atoms with Gasteiger partial charge in [-0.25, -0.2) is 9.97 Å². The molecule has 1 amide bonds. The maximum Gasteiger partial charge on any atom is 0.270 e. The van der Waals surface area contributed by atoms with E-state index in [1.54, 1.807) is 12.3 Å². The van der Waals surface area contributed by atoms with Gasteiger partial charge in [-0.3, -0.25) is 9.69 Å². The molecule has 5 nitrogen and oxygen atoms in total. The van der Waals surface area contributed by atoms with E-state index in [9.17, 15) is 4.79 Å². The molecule has 3 rings (SSSR count). The van der Waals surface area contributed by atoms with Gasteiger partial charge >= 0.3 is 0 Å². The van der Waals surface area contributed by atoms with Gasteiger partial charge in [-0.05, 0) is 61.9 Å². The van der Waals surface area contributed by atoms with Crippen LogP contribution >= 0.6 is 0 Å². The molecule has 0 radical (unpaired) electrons. The fourth-order valence-electron chi connectivity index (χ4n) is 3.37. The first-order chi connectivity index (χ1) is 12.1. The van der Waals surface area contributed by atoms with Crippen LogP contribution in [0.1, 0.15) is 40.0 Å². The van der Waals surface area contributed by atoms with Gasteiger partial charge < -0.3 is 5.32 Å². The van der Waals surface area contributed by atoms with Gasteiger partial charge in [-0.2, -0.15) is 0 Å². The van der Waals surface area contributed by atoms with Gasteiger partial charge in [-0.15, -0.1) is 0 Å². The normalized spacial score (nSPS) is 18.1. The van der Waals surface area contributed by atoms with E-state index in [1.165, 1.54) is 29.4 Å². The summed E-state index contributed by atoms with van der Waals surface area (Å²) in [5, 5.41) is 3.01. The van der Waals surface area contributed by atoms with Crippen molar-refractivity contribution in [1.29, 1.82) is 0 Å². The molecule has 1 fully saturated rings. The highest BCUT2D eigenvalue weighted by atomic mass is 16.1. The average Bonchev–Trinajstić information content (AvgIpc) is 2.64. The lowest BCUT2D eigenvalue weighted by atomic mass is 9.97. The molecule has 0 spiro atoms. The smallest absolute Gasteiger partial charge is 0.270 e. The summed E-state index contributed by atoms with van der Waals surface area (Å²) in [4.78, 5) is 22.4. The monoisotopic (exact) mass is 338 g/mol. The van der Waals surface area contributed by atoms with E-state index in [1.807, 2.05) is 0 Å². The Morgan fingerprint density at radius 2 is 2.16 bits per heavy atom. The van der Waals surface area contributed by atoms with Crippen molar-refractivity contribution in [2.45, 2.75) is 33.2 Å². The molecule has 1 aromatic carbocycles. The largest absolute Gasteiger partial charge is 0.350 e.